The van der Waals surface area contributed by atoms with Gasteiger partial charge in [-0.15, -0.1) is 0 Å². The van der Waals surface area contributed by atoms with Crippen LogP contribution in [0, 0.1) is 6.92 Å². The molecule has 0 aromatic heterocycles. The Labute approximate surface area is 119 Å². The Bertz CT molecular complexity index is 653. The molecule has 0 bridgehead atoms. The van der Waals surface area contributed by atoms with Gasteiger partial charge in [0.1, 0.15) is 0 Å². The SMILES string of the molecule is Cc1cccc(NC(=O)Nc2cccc(C(F)(F)F)c2)c1. The third kappa shape index (κ3) is 4.24. The van der Waals surface area contributed by atoms with Gasteiger partial charge in [0, 0.05) is 11.4 Å². The van der Waals surface area contributed by atoms with Crippen molar-refractivity contribution in [3.8, 4) is 0 Å². The third-order valence-corrected chi connectivity index (χ3v) is 2.72. The van der Waals surface area contributed by atoms with Crippen molar-refractivity contribution < 1.29 is 18.0 Å². The van der Waals surface area contributed by atoms with Gasteiger partial charge < -0.3 is 10.6 Å². The maximum atomic E-state index is 12.6. The van der Waals surface area contributed by atoms with E-state index in [9.17, 15) is 18.0 Å². The molecule has 110 valence electrons. The average molecular weight is 294 g/mol. The molecule has 0 aliphatic carbocycles. The highest BCUT2D eigenvalue weighted by Gasteiger charge is 2.30. The Morgan fingerprint density at radius 1 is 0.952 bits per heavy atom. The van der Waals surface area contributed by atoms with E-state index >= 15 is 0 Å². The predicted octanol–water partition coefficient (Wildman–Crippen LogP) is 4.66. The van der Waals surface area contributed by atoms with Crippen LogP contribution in [0.25, 0.3) is 0 Å². The van der Waals surface area contributed by atoms with Gasteiger partial charge in [-0.2, -0.15) is 13.2 Å². The average Bonchev–Trinajstić information content (AvgIpc) is 2.37. The number of urea groups is 1. The third-order valence-electron chi connectivity index (χ3n) is 2.72. The van der Waals surface area contributed by atoms with Gasteiger partial charge in [-0.25, -0.2) is 4.79 Å². The molecular weight excluding hydrogens is 281 g/mol. The number of carbonyl (C=O) groups excluding carboxylic acids is 1. The Morgan fingerprint density at radius 2 is 1.52 bits per heavy atom. The zero-order valence-electron chi connectivity index (χ0n) is 11.2. The molecule has 0 spiro atoms. The van der Waals surface area contributed by atoms with Crippen molar-refractivity contribution in [3.05, 3.63) is 59.7 Å². The van der Waals surface area contributed by atoms with Crippen LogP contribution in [0.5, 0.6) is 0 Å². The van der Waals surface area contributed by atoms with Crippen LogP contribution in [0.3, 0.4) is 0 Å². The van der Waals surface area contributed by atoms with Gasteiger partial charge >= 0.3 is 12.2 Å². The maximum absolute atomic E-state index is 12.6. The molecule has 2 rings (SSSR count). The Morgan fingerprint density at radius 3 is 2.10 bits per heavy atom. The minimum Gasteiger partial charge on any atom is -0.308 e. The second-order valence-corrected chi connectivity index (χ2v) is 4.53. The van der Waals surface area contributed by atoms with Crippen molar-refractivity contribution in [1.29, 1.82) is 0 Å². The minimum absolute atomic E-state index is 0.0787. The Hall–Kier alpha value is -2.50. The van der Waals surface area contributed by atoms with Crippen LogP contribution in [0.15, 0.2) is 48.5 Å². The topological polar surface area (TPSA) is 41.1 Å². The predicted molar refractivity (Wildman–Crippen MR) is 75.3 cm³/mol. The summed E-state index contributed by atoms with van der Waals surface area (Å²) in [4.78, 5) is 11.8. The van der Waals surface area contributed by atoms with Crippen molar-refractivity contribution in [2.75, 3.05) is 10.6 Å². The smallest absolute Gasteiger partial charge is 0.308 e. The number of aryl methyl sites for hydroxylation is 1. The van der Waals surface area contributed by atoms with Crippen LogP contribution >= 0.6 is 0 Å². The quantitative estimate of drug-likeness (QED) is 0.831. The summed E-state index contributed by atoms with van der Waals surface area (Å²) in [6.07, 6.45) is -4.44. The molecule has 0 atom stereocenters. The van der Waals surface area contributed by atoms with E-state index in [1.54, 1.807) is 18.2 Å². The molecule has 0 radical (unpaired) electrons. The molecule has 2 N–H and O–H groups in total. The fourth-order valence-electron chi connectivity index (χ4n) is 1.79. The highest BCUT2D eigenvalue weighted by Crippen LogP contribution is 2.30. The number of benzene rings is 2. The number of hydrogen-bond donors (Lipinski definition) is 2. The normalized spacial score (nSPS) is 11.0. The number of rotatable bonds is 2. The lowest BCUT2D eigenvalue weighted by Crippen LogP contribution is -2.19. The molecule has 0 unspecified atom stereocenters. The lowest BCUT2D eigenvalue weighted by molar-refractivity contribution is -0.137. The first-order chi connectivity index (χ1) is 9.84. The molecule has 0 aliphatic rings. The van der Waals surface area contributed by atoms with Crippen molar-refractivity contribution in [3.63, 3.8) is 0 Å². The van der Waals surface area contributed by atoms with Crippen molar-refractivity contribution in [2.24, 2.45) is 0 Å². The zero-order valence-corrected chi connectivity index (χ0v) is 11.2. The number of hydrogen-bond acceptors (Lipinski definition) is 1. The second-order valence-electron chi connectivity index (χ2n) is 4.53. The van der Waals surface area contributed by atoms with E-state index in [2.05, 4.69) is 10.6 Å². The van der Waals surface area contributed by atoms with Gasteiger partial charge in [0.25, 0.3) is 0 Å². The van der Waals surface area contributed by atoms with Crippen LogP contribution in [-0.4, -0.2) is 6.03 Å². The summed E-state index contributed by atoms with van der Waals surface area (Å²) >= 11 is 0. The van der Waals surface area contributed by atoms with Crippen LogP contribution in [0.1, 0.15) is 11.1 Å². The summed E-state index contributed by atoms with van der Waals surface area (Å²) in [6, 6.07) is 11.0. The molecule has 2 aromatic carbocycles. The number of amides is 2. The van der Waals surface area contributed by atoms with Gasteiger partial charge in [-0.1, -0.05) is 18.2 Å². The standard InChI is InChI=1S/C15H13F3N2O/c1-10-4-2-6-12(8-10)19-14(21)20-13-7-3-5-11(9-13)15(16,17)18/h2-9H,1H3,(H2,19,20,21). The van der Waals surface area contributed by atoms with E-state index < -0.39 is 17.8 Å². The number of carbonyl (C=O) groups is 1. The molecular formula is C15H13F3N2O. The Balaban J connectivity index is 2.06. The monoisotopic (exact) mass is 294 g/mol. The fraction of sp³-hybridized carbons (Fsp3) is 0.133. The van der Waals surface area contributed by atoms with Gasteiger partial charge in [-0.05, 0) is 42.8 Å². The van der Waals surface area contributed by atoms with Crippen LogP contribution in [0.4, 0.5) is 29.3 Å². The maximum Gasteiger partial charge on any atom is 0.416 e. The van der Waals surface area contributed by atoms with Crippen LogP contribution in [0.2, 0.25) is 0 Å². The number of anilines is 2. The van der Waals surface area contributed by atoms with Crippen molar-refractivity contribution >= 4 is 17.4 Å². The minimum atomic E-state index is -4.44. The van der Waals surface area contributed by atoms with Crippen molar-refractivity contribution in [1.82, 2.24) is 0 Å². The highest BCUT2D eigenvalue weighted by atomic mass is 19.4. The molecule has 0 fully saturated rings. The lowest BCUT2D eigenvalue weighted by Gasteiger charge is -2.11. The first kappa shape index (κ1) is 14.9. The summed E-state index contributed by atoms with van der Waals surface area (Å²) in [5.74, 6) is 0. The number of alkyl halides is 3. The van der Waals surface area contributed by atoms with Gasteiger partial charge in [0.2, 0.25) is 0 Å². The summed E-state index contributed by atoms with van der Waals surface area (Å²) in [7, 11) is 0. The molecule has 2 aromatic rings. The van der Waals surface area contributed by atoms with Crippen LogP contribution in [-0.2, 0) is 6.18 Å². The second kappa shape index (κ2) is 5.87. The van der Waals surface area contributed by atoms with E-state index in [-0.39, 0.29) is 5.69 Å². The van der Waals surface area contributed by atoms with Crippen molar-refractivity contribution in [2.45, 2.75) is 13.1 Å². The lowest BCUT2D eigenvalue weighted by atomic mass is 10.2. The highest BCUT2D eigenvalue weighted by molar-refractivity contribution is 5.99. The first-order valence-electron chi connectivity index (χ1n) is 6.16. The molecule has 3 nitrogen and oxygen atoms in total. The van der Waals surface area contributed by atoms with E-state index in [4.69, 9.17) is 0 Å². The molecule has 0 heterocycles. The molecule has 6 heteroatoms. The molecule has 0 aliphatic heterocycles. The van der Waals surface area contributed by atoms with E-state index in [1.165, 1.54) is 12.1 Å². The van der Waals surface area contributed by atoms with Gasteiger partial charge in [-0.3, -0.25) is 0 Å². The Kier molecular flexibility index (Phi) is 4.16. The summed E-state index contributed by atoms with van der Waals surface area (Å²) in [6.45, 7) is 1.87. The summed E-state index contributed by atoms with van der Waals surface area (Å²) < 4.78 is 37.7. The number of halogens is 3. The fourth-order valence-corrected chi connectivity index (χ4v) is 1.79. The first-order valence-corrected chi connectivity index (χ1v) is 6.16. The van der Waals surface area contributed by atoms with Crippen LogP contribution < -0.4 is 10.6 Å². The van der Waals surface area contributed by atoms with E-state index in [0.717, 1.165) is 17.7 Å². The summed E-state index contributed by atoms with van der Waals surface area (Å²) in [5, 5.41) is 4.93. The van der Waals surface area contributed by atoms with Gasteiger partial charge in [0.05, 0.1) is 5.56 Å². The van der Waals surface area contributed by atoms with E-state index in [1.807, 2.05) is 13.0 Å². The summed E-state index contributed by atoms with van der Waals surface area (Å²) in [5.41, 5.74) is 0.803. The molecule has 2 amide bonds. The molecule has 0 saturated heterocycles. The largest absolute Gasteiger partial charge is 0.416 e. The zero-order chi connectivity index (χ0) is 15.5. The number of nitrogens with one attached hydrogen (secondary N) is 2. The molecule has 21 heavy (non-hydrogen) atoms. The van der Waals surface area contributed by atoms with E-state index in [0.29, 0.717) is 5.69 Å². The molecule has 0 saturated carbocycles. The van der Waals surface area contributed by atoms with Gasteiger partial charge in [0.15, 0.2) is 0 Å².